The van der Waals surface area contributed by atoms with Crippen molar-refractivity contribution in [3.63, 3.8) is 0 Å². The maximum Gasteiger partial charge on any atom is 0.267 e. The fourth-order valence-electron chi connectivity index (χ4n) is 2.11. The molecule has 0 spiro atoms. The van der Waals surface area contributed by atoms with Gasteiger partial charge in [-0.25, -0.2) is 4.98 Å². The summed E-state index contributed by atoms with van der Waals surface area (Å²) in [5.41, 5.74) is 3.62. The standard InChI is InChI=1S/C16H14N2OS2/c1-10-5-6-12(11(2)8-10)14-9-17-16(21-14)18-15(19)13-4-3-7-20-13/h3-9H,1-2H3,(H,17,18,19). The number of carbonyl (C=O) groups excluding carboxylic acids is 1. The van der Waals surface area contributed by atoms with E-state index in [9.17, 15) is 4.79 Å². The summed E-state index contributed by atoms with van der Waals surface area (Å²) in [6, 6.07) is 10.0. The van der Waals surface area contributed by atoms with Gasteiger partial charge in [0.25, 0.3) is 5.91 Å². The van der Waals surface area contributed by atoms with Crippen LogP contribution in [0.4, 0.5) is 5.13 Å². The fraction of sp³-hybridized carbons (Fsp3) is 0.125. The van der Waals surface area contributed by atoms with Crippen molar-refractivity contribution in [1.82, 2.24) is 4.98 Å². The summed E-state index contributed by atoms with van der Waals surface area (Å²) in [6.45, 7) is 4.17. The zero-order chi connectivity index (χ0) is 14.8. The zero-order valence-electron chi connectivity index (χ0n) is 11.7. The third kappa shape index (κ3) is 3.04. The number of hydrogen-bond donors (Lipinski definition) is 1. The van der Waals surface area contributed by atoms with Gasteiger partial charge in [-0.15, -0.1) is 11.3 Å². The molecule has 0 aliphatic rings. The van der Waals surface area contributed by atoms with Crippen LogP contribution in [0.3, 0.4) is 0 Å². The molecular formula is C16H14N2OS2. The number of amides is 1. The van der Waals surface area contributed by atoms with Gasteiger partial charge in [-0.3, -0.25) is 10.1 Å². The van der Waals surface area contributed by atoms with Crippen molar-refractivity contribution in [2.45, 2.75) is 13.8 Å². The Morgan fingerprint density at radius 3 is 2.81 bits per heavy atom. The molecule has 2 heterocycles. The Bertz CT molecular complexity index is 775. The predicted octanol–water partition coefficient (Wildman–Crippen LogP) is 4.74. The Balaban J connectivity index is 1.82. The van der Waals surface area contributed by atoms with E-state index in [0.29, 0.717) is 10.0 Å². The maximum atomic E-state index is 12.0. The molecule has 0 radical (unpaired) electrons. The summed E-state index contributed by atoms with van der Waals surface area (Å²) >= 11 is 2.92. The summed E-state index contributed by atoms with van der Waals surface area (Å²) in [6.07, 6.45) is 1.81. The van der Waals surface area contributed by atoms with Crippen LogP contribution in [0.5, 0.6) is 0 Å². The van der Waals surface area contributed by atoms with Crippen LogP contribution in [0, 0.1) is 13.8 Å². The number of nitrogens with one attached hydrogen (secondary N) is 1. The summed E-state index contributed by atoms with van der Waals surface area (Å²) in [7, 11) is 0. The number of aromatic nitrogens is 1. The van der Waals surface area contributed by atoms with Crippen molar-refractivity contribution in [3.8, 4) is 10.4 Å². The lowest BCUT2D eigenvalue weighted by Crippen LogP contribution is -2.09. The lowest BCUT2D eigenvalue weighted by atomic mass is 10.1. The molecule has 0 bridgehead atoms. The van der Waals surface area contributed by atoms with Gasteiger partial charge in [-0.1, -0.05) is 41.2 Å². The first-order valence-corrected chi connectivity index (χ1v) is 8.21. The largest absolute Gasteiger partial charge is 0.297 e. The summed E-state index contributed by atoms with van der Waals surface area (Å²) in [4.78, 5) is 18.1. The van der Waals surface area contributed by atoms with Crippen LogP contribution in [0.1, 0.15) is 20.8 Å². The minimum absolute atomic E-state index is 0.105. The molecule has 2 aromatic heterocycles. The summed E-state index contributed by atoms with van der Waals surface area (Å²) < 4.78 is 0. The number of thiophene rings is 1. The first-order chi connectivity index (χ1) is 10.1. The fourth-order valence-corrected chi connectivity index (χ4v) is 3.63. The predicted molar refractivity (Wildman–Crippen MR) is 89.3 cm³/mol. The highest BCUT2D eigenvalue weighted by Gasteiger charge is 2.11. The second-order valence-corrected chi connectivity index (χ2v) is 6.76. The number of thiazole rings is 1. The molecule has 1 N–H and O–H groups in total. The van der Waals surface area contributed by atoms with Gasteiger partial charge in [0.15, 0.2) is 5.13 Å². The van der Waals surface area contributed by atoms with Crippen LogP contribution in [-0.2, 0) is 0 Å². The van der Waals surface area contributed by atoms with E-state index in [0.717, 1.165) is 10.4 Å². The Morgan fingerprint density at radius 1 is 1.24 bits per heavy atom. The molecule has 3 nitrogen and oxygen atoms in total. The van der Waals surface area contributed by atoms with Crippen LogP contribution < -0.4 is 5.32 Å². The third-order valence-corrected chi connectivity index (χ3v) is 4.93. The molecule has 0 aliphatic carbocycles. The molecule has 5 heteroatoms. The molecule has 106 valence electrons. The molecule has 0 aliphatic heterocycles. The minimum atomic E-state index is -0.105. The van der Waals surface area contributed by atoms with Gasteiger partial charge < -0.3 is 0 Å². The number of rotatable bonds is 3. The van der Waals surface area contributed by atoms with E-state index in [2.05, 4.69) is 42.3 Å². The lowest BCUT2D eigenvalue weighted by molar-refractivity contribution is 0.103. The Hall–Kier alpha value is -1.98. The van der Waals surface area contributed by atoms with Gasteiger partial charge in [-0.05, 0) is 36.4 Å². The van der Waals surface area contributed by atoms with E-state index in [1.807, 2.05) is 17.6 Å². The average Bonchev–Trinajstić information content (AvgIpc) is 3.09. The van der Waals surface area contributed by atoms with E-state index in [1.54, 1.807) is 6.07 Å². The first kappa shape index (κ1) is 14.0. The zero-order valence-corrected chi connectivity index (χ0v) is 13.3. The lowest BCUT2D eigenvalue weighted by Gasteiger charge is -2.03. The molecule has 0 saturated heterocycles. The molecule has 0 atom stereocenters. The molecule has 3 aromatic rings. The smallest absolute Gasteiger partial charge is 0.267 e. The third-order valence-electron chi connectivity index (χ3n) is 3.12. The molecular weight excluding hydrogens is 300 g/mol. The minimum Gasteiger partial charge on any atom is -0.297 e. The molecule has 0 saturated carbocycles. The van der Waals surface area contributed by atoms with Crippen LogP contribution in [0.15, 0.2) is 41.9 Å². The number of benzene rings is 1. The number of hydrogen-bond acceptors (Lipinski definition) is 4. The van der Waals surface area contributed by atoms with Crippen LogP contribution in [0.25, 0.3) is 10.4 Å². The number of nitrogens with zero attached hydrogens (tertiary/aromatic N) is 1. The topological polar surface area (TPSA) is 42.0 Å². The Kier molecular flexibility index (Phi) is 3.86. The average molecular weight is 314 g/mol. The molecule has 0 unspecified atom stereocenters. The normalized spacial score (nSPS) is 10.6. The van der Waals surface area contributed by atoms with E-state index in [4.69, 9.17) is 0 Å². The van der Waals surface area contributed by atoms with Crippen molar-refractivity contribution in [1.29, 1.82) is 0 Å². The van der Waals surface area contributed by atoms with Crippen molar-refractivity contribution in [2.75, 3.05) is 5.32 Å². The molecule has 21 heavy (non-hydrogen) atoms. The van der Waals surface area contributed by atoms with Gasteiger partial charge in [0.1, 0.15) is 0 Å². The van der Waals surface area contributed by atoms with Gasteiger partial charge in [0.05, 0.1) is 9.75 Å². The quantitative estimate of drug-likeness (QED) is 0.758. The van der Waals surface area contributed by atoms with Crippen molar-refractivity contribution in [2.24, 2.45) is 0 Å². The monoisotopic (exact) mass is 314 g/mol. The molecule has 0 fully saturated rings. The van der Waals surface area contributed by atoms with Crippen molar-refractivity contribution >= 4 is 33.7 Å². The number of carbonyl (C=O) groups is 1. The highest BCUT2D eigenvalue weighted by Crippen LogP contribution is 2.31. The second kappa shape index (κ2) is 5.79. The van der Waals surface area contributed by atoms with E-state index in [-0.39, 0.29) is 5.91 Å². The van der Waals surface area contributed by atoms with E-state index < -0.39 is 0 Å². The molecule has 3 rings (SSSR count). The van der Waals surface area contributed by atoms with Crippen molar-refractivity contribution < 1.29 is 4.79 Å². The Labute approximate surface area is 131 Å². The van der Waals surface area contributed by atoms with Gasteiger partial charge in [0.2, 0.25) is 0 Å². The number of anilines is 1. The Morgan fingerprint density at radius 2 is 2.10 bits per heavy atom. The molecule has 1 amide bonds. The highest BCUT2D eigenvalue weighted by molar-refractivity contribution is 7.19. The first-order valence-electron chi connectivity index (χ1n) is 6.52. The van der Waals surface area contributed by atoms with E-state index in [1.165, 1.54) is 33.8 Å². The molecule has 1 aromatic carbocycles. The van der Waals surface area contributed by atoms with Crippen LogP contribution in [0.2, 0.25) is 0 Å². The summed E-state index contributed by atoms with van der Waals surface area (Å²) in [5, 5.41) is 5.36. The maximum absolute atomic E-state index is 12.0. The van der Waals surface area contributed by atoms with Crippen LogP contribution >= 0.6 is 22.7 Å². The number of aryl methyl sites for hydroxylation is 2. The highest BCUT2D eigenvalue weighted by atomic mass is 32.1. The summed E-state index contributed by atoms with van der Waals surface area (Å²) in [5.74, 6) is -0.105. The van der Waals surface area contributed by atoms with E-state index >= 15 is 0 Å². The van der Waals surface area contributed by atoms with Gasteiger partial charge in [-0.2, -0.15) is 0 Å². The van der Waals surface area contributed by atoms with Crippen LogP contribution in [-0.4, -0.2) is 10.9 Å². The van der Waals surface area contributed by atoms with Gasteiger partial charge >= 0.3 is 0 Å². The SMILES string of the molecule is Cc1ccc(-c2cnc(NC(=O)c3cccs3)s2)c(C)c1. The van der Waals surface area contributed by atoms with Crippen molar-refractivity contribution in [3.05, 3.63) is 57.9 Å². The van der Waals surface area contributed by atoms with Gasteiger partial charge in [0, 0.05) is 6.20 Å². The second-order valence-electron chi connectivity index (χ2n) is 4.78.